The molecule has 0 fully saturated rings. The highest BCUT2D eigenvalue weighted by Crippen LogP contribution is 2.26. The number of alkyl halides is 2. The van der Waals surface area contributed by atoms with Crippen molar-refractivity contribution in [2.24, 2.45) is 0 Å². The zero-order chi connectivity index (χ0) is 20.7. The highest BCUT2D eigenvalue weighted by molar-refractivity contribution is 7.22. The molecule has 0 unspecified atom stereocenters. The molecule has 2 aromatic carbocycles. The first-order chi connectivity index (χ1) is 14.5. The van der Waals surface area contributed by atoms with Crippen LogP contribution < -0.4 is 5.73 Å². The van der Waals surface area contributed by atoms with Crippen LogP contribution in [-0.2, 0) is 6.42 Å². The lowest BCUT2D eigenvalue weighted by molar-refractivity contribution is 0.116. The highest BCUT2D eigenvalue weighted by Gasteiger charge is 2.17. The van der Waals surface area contributed by atoms with Gasteiger partial charge in [0.15, 0.2) is 5.13 Å². The molecule has 150 valence electrons. The van der Waals surface area contributed by atoms with Crippen LogP contribution in [-0.4, -0.2) is 30.2 Å². The molecule has 3 aromatic heterocycles. The Morgan fingerprint density at radius 3 is 2.67 bits per heavy atom. The summed E-state index contributed by atoms with van der Waals surface area (Å²) in [6, 6.07) is 13.0. The van der Waals surface area contributed by atoms with Crippen molar-refractivity contribution in [3.63, 3.8) is 0 Å². The molecule has 0 atom stereocenters. The molecule has 0 spiro atoms. The Labute approximate surface area is 172 Å². The number of nitrogens with zero attached hydrogens (tertiary/aromatic N) is 6. The van der Waals surface area contributed by atoms with Gasteiger partial charge in [-0.1, -0.05) is 28.7 Å². The first-order valence-electron chi connectivity index (χ1n) is 8.84. The van der Waals surface area contributed by atoms with Crippen molar-refractivity contribution in [3.05, 3.63) is 65.8 Å². The van der Waals surface area contributed by atoms with Crippen LogP contribution in [0.5, 0.6) is 0 Å². The molecule has 0 saturated heterocycles. The van der Waals surface area contributed by atoms with Crippen LogP contribution >= 0.6 is 11.3 Å². The van der Waals surface area contributed by atoms with Crippen LogP contribution in [0.1, 0.15) is 23.6 Å². The fraction of sp³-hybridized carbons (Fsp3) is 0.105. The topological polar surface area (TPSA) is 109 Å². The Morgan fingerprint density at radius 2 is 1.90 bits per heavy atom. The fourth-order valence-electron chi connectivity index (χ4n) is 2.99. The lowest BCUT2D eigenvalue weighted by Crippen LogP contribution is -1.94. The predicted molar refractivity (Wildman–Crippen MR) is 106 cm³/mol. The second kappa shape index (κ2) is 7.26. The van der Waals surface area contributed by atoms with Gasteiger partial charge in [-0.2, -0.15) is 8.78 Å². The lowest BCUT2D eigenvalue weighted by Gasteiger charge is -2.00. The van der Waals surface area contributed by atoms with Crippen molar-refractivity contribution < 1.29 is 13.2 Å². The summed E-state index contributed by atoms with van der Waals surface area (Å²) in [6.07, 6.45) is -0.378. The van der Waals surface area contributed by atoms with E-state index in [0.29, 0.717) is 17.1 Å². The van der Waals surface area contributed by atoms with Crippen molar-refractivity contribution in [3.8, 4) is 17.1 Å². The molecule has 0 aliphatic heterocycles. The number of thiazole rings is 1. The third-order valence-corrected chi connectivity index (χ3v) is 5.25. The van der Waals surface area contributed by atoms with E-state index in [1.165, 1.54) is 11.3 Å². The Kier molecular flexibility index (Phi) is 4.43. The summed E-state index contributed by atoms with van der Waals surface area (Å²) in [5.74, 6) is -0.633. The summed E-state index contributed by atoms with van der Waals surface area (Å²) in [4.78, 5) is 4.25. The van der Waals surface area contributed by atoms with Crippen LogP contribution in [0.4, 0.5) is 13.9 Å². The normalized spacial score (nSPS) is 11.6. The Morgan fingerprint density at radius 1 is 1.07 bits per heavy atom. The molecular formula is C19H13F2N7OS. The molecule has 0 saturated carbocycles. The van der Waals surface area contributed by atoms with Gasteiger partial charge < -0.3 is 10.2 Å². The van der Waals surface area contributed by atoms with Crippen LogP contribution in [0.2, 0.25) is 0 Å². The van der Waals surface area contributed by atoms with Gasteiger partial charge in [-0.05, 0) is 35.9 Å². The van der Waals surface area contributed by atoms with E-state index < -0.39 is 12.3 Å². The average Bonchev–Trinajstić information content (AvgIpc) is 3.47. The molecule has 0 amide bonds. The minimum atomic E-state index is -2.79. The van der Waals surface area contributed by atoms with Gasteiger partial charge >= 0.3 is 6.43 Å². The number of aromatic nitrogens is 6. The zero-order valence-electron chi connectivity index (χ0n) is 15.2. The number of benzene rings is 2. The number of hydrogen-bond donors (Lipinski definition) is 1. The van der Waals surface area contributed by atoms with E-state index in [4.69, 9.17) is 10.2 Å². The molecule has 5 aromatic rings. The van der Waals surface area contributed by atoms with Crippen molar-refractivity contribution in [1.29, 1.82) is 0 Å². The highest BCUT2D eigenvalue weighted by atomic mass is 32.1. The maximum Gasteiger partial charge on any atom is 0.314 e. The average molecular weight is 425 g/mol. The van der Waals surface area contributed by atoms with Crippen molar-refractivity contribution >= 4 is 26.7 Å². The van der Waals surface area contributed by atoms with Crippen LogP contribution in [0.15, 0.2) is 53.1 Å². The van der Waals surface area contributed by atoms with Gasteiger partial charge in [0.1, 0.15) is 0 Å². The molecule has 8 nitrogen and oxygen atoms in total. The molecule has 0 aliphatic rings. The maximum atomic E-state index is 12.6. The van der Waals surface area contributed by atoms with Crippen molar-refractivity contribution in [1.82, 2.24) is 30.2 Å². The van der Waals surface area contributed by atoms with E-state index in [2.05, 4.69) is 25.5 Å². The number of halogens is 2. The monoisotopic (exact) mass is 425 g/mol. The first kappa shape index (κ1) is 18.3. The standard InChI is InChI=1S/C19H13F2N7OS/c20-16(21)18-26-25-17(29-18)11-3-1-10(2-4-11)7-12-9-28(27-24-12)13-5-6-14-15(8-13)30-19(22)23-14/h1-6,8-9,16H,7H2,(H2,22,23). The molecule has 2 N–H and O–H groups in total. The number of nitrogens with two attached hydrogens (primary N) is 1. The minimum Gasteiger partial charge on any atom is -0.415 e. The summed E-state index contributed by atoms with van der Waals surface area (Å²) in [7, 11) is 0. The number of anilines is 1. The molecular weight excluding hydrogens is 412 g/mol. The molecule has 0 radical (unpaired) electrons. The van der Waals surface area contributed by atoms with E-state index in [-0.39, 0.29) is 5.89 Å². The number of fused-ring (bicyclic) bond motifs is 1. The Balaban J connectivity index is 1.33. The van der Waals surface area contributed by atoms with E-state index in [1.54, 1.807) is 16.8 Å². The first-order valence-corrected chi connectivity index (χ1v) is 9.65. The maximum absolute atomic E-state index is 12.6. The second-order valence-electron chi connectivity index (χ2n) is 6.48. The van der Waals surface area contributed by atoms with Gasteiger partial charge in [0.2, 0.25) is 5.89 Å². The summed E-state index contributed by atoms with van der Waals surface area (Å²) >= 11 is 1.42. The van der Waals surface area contributed by atoms with E-state index in [1.807, 2.05) is 36.5 Å². The predicted octanol–water partition coefficient (Wildman–Crippen LogP) is 4.04. The number of rotatable bonds is 5. The zero-order valence-corrected chi connectivity index (χ0v) is 16.1. The van der Waals surface area contributed by atoms with Gasteiger partial charge in [-0.25, -0.2) is 9.67 Å². The van der Waals surface area contributed by atoms with E-state index >= 15 is 0 Å². The van der Waals surface area contributed by atoms with Crippen molar-refractivity contribution in [2.75, 3.05) is 5.73 Å². The van der Waals surface area contributed by atoms with Gasteiger partial charge in [0.05, 0.1) is 27.8 Å². The largest absolute Gasteiger partial charge is 0.415 e. The molecule has 0 bridgehead atoms. The van der Waals surface area contributed by atoms with Gasteiger partial charge in [0, 0.05) is 12.0 Å². The van der Waals surface area contributed by atoms with Gasteiger partial charge in [0.25, 0.3) is 5.89 Å². The van der Waals surface area contributed by atoms with Crippen LogP contribution in [0.25, 0.3) is 27.4 Å². The van der Waals surface area contributed by atoms with Gasteiger partial charge in [-0.3, -0.25) is 0 Å². The van der Waals surface area contributed by atoms with E-state index in [9.17, 15) is 8.78 Å². The Hall–Kier alpha value is -3.73. The molecule has 0 aliphatic carbocycles. The number of nitrogen functional groups attached to an aromatic ring is 1. The molecule has 3 heterocycles. The Bertz CT molecular complexity index is 1330. The third kappa shape index (κ3) is 3.50. The summed E-state index contributed by atoms with van der Waals surface area (Å²) in [5.41, 5.74) is 9.80. The quantitative estimate of drug-likeness (QED) is 0.453. The second-order valence-corrected chi connectivity index (χ2v) is 7.54. The third-order valence-electron chi connectivity index (χ3n) is 4.41. The molecule has 30 heavy (non-hydrogen) atoms. The van der Waals surface area contributed by atoms with Gasteiger partial charge in [-0.15, -0.1) is 15.3 Å². The molecule has 11 heteroatoms. The lowest BCUT2D eigenvalue weighted by atomic mass is 10.1. The summed E-state index contributed by atoms with van der Waals surface area (Å²) in [6.45, 7) is 0. The van der Waals surface area contributed by atoms with Crippen LogP contribution in [0, 0.1) is 0 Å². The van der Waals surface area contributed by atoms with Crippen LogP contribution in [0.3, 0.4) is 0 Å². The summed E-state index contributed by atoms with van der Waals surface area (Å²) < 4.78 is 32.8. The molecule has 5 rings (SSSR count). The number of hydrogen-bond acceptors (Lipinski definition) is 8. The SMILES string of the molecule is Nc1nc2ccc(-n3cc(Cc4ccc(-c5nnc(C(F)F)o5)cc4)nn3)cc2s1. The van der Waals surface area contributed by atoms with Crippen molar-refractivity contribution in [2.45, 2.75) is 12.8 Å². The minimum absolute atomic E-state index is 0.0573. The fourth-order valence-corrected chi connectivity index (χ4v) is 3.76. The van der Waals surface area contributed by atoms with E-state index in [0.717, 1.165) is 27.2 Å². The summed E-state index contributed by atoms with van der Waals surface area (Å²) in [5, 5.41) is 15.9. The smallest absolute Gasteiger partial charge is 0.314 e.